The molecule has 1 heterocycles. The number of carboxylic acids is 1. The van der Waals surface area contributed by atoms with Crippen LogP contribution in [-0.2, 0) is 4.74 Å². The van der Waals surface area contributed by atoms with Gasteiger partial charge in [-0.05, 0) is 49.8 Å². The van der Waals surface area contributed by atoms with E-state index in [0.717, 1.165) is 12.8 Å². The molecule has 1 saturated carbocycles. The average Bonchev–Trinajstić information content (AvgIpc) is 3.32. The van der Waals surface area contributed by atoms with E-state index in [4.69, 9.17) is 9.84 Å². The van der Waals surface area contributed by atoms with Gasteiger partial charge in [0, 0.05) is 18.2 Å². The lowest BCUT2D eigenvalue weighted by atomic mass is 9.99. The van der Waals surface area contributed by atoms with E-state index in [1.807, 2.05) is 0 Å². The highest BCUT2D eigenvalue weighted by molar-refractivity contribution is 5.97. The Morgan fingerprint density at radius 3 is 2.67 bits per heavy atom. The summed E-state index contributed by atoms with van der Waals surface area (Å²) in [7, 11) is 0. The van der Waals surface area contributed by atoms with Gasteiger partial charge in [0.15, 0.2) is 0 Å². The SMILES string of the molecule is O=C(O)c1cccc(C(=O)NC2CCOC(C3CC3)C2)c1. The minimum absolute atomic E-state index is 0.116. The van der Waals surface area contributed by atoms with E-state index < -0.39 is 5.97 Å². The third-order valence-corrected chi connectivity index (χ3v) is 4.17. The number of amides is 1. The standard InChI is InChI=1S/C16H19NO4/c18-15(11-2-1-3-12(8-11)16(19)20)17-13-6-7-21-14(9-13)10-4-5-10/h1-3,8,10,13-14H,4-7,9H2,(H,17,18)(H,19,20). The first kappa shape index (κ1) is 14.1. The summed E-state index contributed by atoms with van der Waals surface area (Å²) in [6, 6.07) is 6.24. The van der Waals surface area contributed by atoms with Gasteiger partial charge in [-0.2, -0.15) is 0 Å². The highest BCUT2D eigenvalue weighted by Crippen LogP contribution is 2.38. The second kappa shape index (κ2) is 5.85. The minimum atomic E-state index is -1.02. The van der Waals surface area contributed by atoms with Crippen LogP contribution < -0.4 is 5.32 Å². The lowest BCUT2D eigenvalue weighted by molar-refractivity contribution is -0.0102. The van der Waals surface area contributed by atoms with Crippen LogP contribution in [0.5, 0.6) is 0 Å². The average molecular weight is 289 g/mol. The molecule has 1 saturated heterocycles. The normalized spacial score (nSPS) is 25.3. The number of carbonyl (C=O) groups excluding carboxylic acids is 1. The monoisotopic (exact) mass is 289 g/mol. The van der Waals surface area contributed by atoms with Crippen LogP contribution in [0.25, 0.3) is 0 Å². The number of hydrogen-bond acceptors (Lipinski definition) is 3. The largest absolute Gasteiger partial charge is 0.478 e. The van der Waals surface area contributed by atoms with Crippen molar-refractivity contribution in [2.75, 3.05) is 6.61 Å². The van der Waals surface area contributed by atoms with E-state index in [-0.39, 0.29) is 23.6 Å². The third-order valence-electron chi connectivity index (χ3n) is 4.17. The molecule has 1 aromatic rings. The van der Waals surface area contributed by atoms with Crippen LogP contribution in [0.3, 0.4) is 0 Å². The Hall–Kier alpha value is -1.88. The lowest BCUT2D eigenvalue weighted by Gasteiger charge is -2.30. The summed E-state index contributed by atoms with van der Waals surface area (Å²) in [6.07, 6.45) is 4.40. The van der Waals surface area contributed by atoms with Crippen molar-refractivity contribution in [2.24, 2.45) is 5.92 Å². The molecule has 3 rings (SSSR count). The highest BCUT2D eigenvalue weighted by atomic mass is 16.5. The van der Waals surface area contributed by atoms with Gasteiger partial charge < -0.3 is 15.2 Å². The number of rotatable bonds is 4. The zero-order valence-corrected chi connectivity index (χ0v) is 11.7. The van der Waals surface area contributed by atoms with Crippen LogP contribution in [-0.4, -0.2) is 35.7 Å². The van der Waals surface area contributed by atoms with Gasteiger partial charge in [-0.3, -0.25) is 4.79 Å². The van der Waals surface area contributed by atoms with Crippen molar-refractivity contribution in [3.8, 4) is 0 Å². The molecule has 5 nitrogen and oxygen atoms in total. The summed E-state index contributed by atoms with van der Waals surface area (Å²) in [5, 5.41) is 12.0. The molecule has 1 amide bonds. The van der Waals surface area contributed by atoms with Crippen molar-refractivity contribution in [1.82, 2.24) is 5.32 Å². The molecule has 1 aromatic carbocycles. The van der Waals surface area contributed by atoms with Crippen LogP contribution in [0.4, 0.5) is 0 Å². The van der Waals surface area contributed by atoms with E-state index in [0.29, 0.717) is 18.1 Å². The summed E-state index contributed by atoms with van der Waals surface area (Å²) >= 11 is 0. The Morgan fingerprint density at radius 2 is 1.95 bits per heavy atom. The lowest BCUT2D eigenvalue weighted by Crippen LogP contribution is -2.42. The second-order valence-electron chi connectivity index (χ2n) is 5.83. The predicted molar refractivity (Wildman–Crippen MR) is 76.4 cm³/mol. The fourth-order valence-electron chi connectivity index (χ4n) is 2.82. The topological polar surface area (TPSA) is 75.6 Å². The van der Waals surface area contributed by atoms with Crippen LogP contribution in [0, 0.1) is 5.92 Å². The number of benzene rings is 1. The Labute approximate surface area is 123 Å². The fraction of sp³-hybridized carbons (Fsp3) is 0.500. The van der Waals surface area contributed by atoms with Gasteiger partial charge in [-0.15, -0.1) is 0 Å². The number of carboxylic acid groups (broad SMARTS) is 1. The van der Waals surface area contributed by atoms with Crippen LogP contribution in [0.2, 0.25) is 0 Å². The molecule has 2 unspecified atom stereocenters. The number of carbonyl (C=O) groups is 2. The van der Waals surface area contributed by atoms with E-state index >= 15 is 0 Å². The number of nitrogens with one attached hydrogen (secondary N) is 1. The molecule has 1 aliphatic heterocycles. The Morgan fingerprint density at radius 1 is 1.19 bits per heavy atom. The highest BCUT2D eigenvalue weighted by Gasteiger charge is 2.36. The molecular formula is C16H19NO4. The Kier molecular flexibility index (Phi) is 3.92. The van der Waals surface area contributed by atoms with Crippen molar-refractivity contribution in [3.63, 3.8) is 0 Å². The molecule has 2 aliphatic rings. The summed E-state index contributed by atoms with van der Waals surface area (Å²) in [5.74, 6) is -0.566. The fourth-order valence-corrected chi connectivity index (χ4v) is 2.82. The van der Waals surface area contributed by atoms with Gasteiger partial charge in [-0.1, -0.05) is 6.07 Å². The Bertz CT molecular complexity index is 553. The van der Waals surface area contributed by atoms with E-state index in [2.05, 4.69) is 5.32 Å². The van der Waals surface area contributed by atoms with E-state index in [1.54, 1.807) is 12.1 Å². The van der Waals surface area contributed by atoms with Crippen molar-refractivity contribution >= 4 is 11.9 Å². The van der Waals surface area contributed by atoms with Gasteiger partial charge in [0.2, 0.25) is 0 Å². The van der Waals surface area contributed by atoms with Gasteiger partial charge in [0.1, 0.15) is 0 Å². The predicted octanol–water partition coefficient (Wildman–Crippen LogP) is 2.07. The number of ether oxygens (including phenoxy) is 1. The zero-order valence-electron chi connectivity index (χ0n) is 11.7. The molecule has 2 atom stereocenters. The smallest absolute Gasteiger partial charge is 0.335 e. The molecule has 0 aromatic heterocycles. The molecule has 21 heavy (non-hydrogen) atoms. The molecule has 0 bridgehead atoms. The van der Waals surface area contributed by atoms with Crippen molar-refractivity contribution < 1.29 is 19.4 Å². The summed E-state index contributed by atoms with van der Waals surface area (Å²) in [5.41, 5.74) is 0.523. The quantitative estimate of drug-likeness (QED) is 0.889. The van der Waals surface area contributed by atoms with Crippen LogP contribution in [0.1, 0.15) is 46.4 Å². The van der Waals surface area contributed by atoms with Gasteiger partial charge >= 0.3 is 5.97 Å². The molecule has 1 aliphatic carbocycles. The minimum Gasteiger partial charge on any atom is -0.478 e. The third kappa shape index (κ3) is 3.42. The first-order chi connectivity index (χ1) is 10.1. The van der Waals surface area contributed by atoms with E-state index in [9.17, 15) is 9.59 Å². The summed E-state index contributed by atoms with van der Waals surface area (Å²) in [6.45, 7) is 0.682. The molecule has 112 valence electrons. The van der Waals surface area contributed by atoms with Crippen LogP contribution >= 0.6 is 0 Å². The second-order valence-corrected chi connectivity index (χ2v) is 5.83. The van der Waals surface area contributed by atoms with Crippen molar-refractivity contribution in [2.45, 2.75) is 37.8 Å². The Balaban J connectivity index is 1.62. The summed E-state index contributed by atoms with van der Waals surface area (Å²) in [4.78, 5) is 23.2. The van der Waals surface area contributed by atoms with Crippen molar-refractivity contribution in [1.29, 1.82) is 0 Å². The molecule has 2 fully saturated rings. The van der Waals surface area contributed by atoms with Gasteiger partial charge in [0.25, 0.3) is 5.91 Å². The molecular weight excluding hydrogens is 270 g/mol. The zero-order chi connectivity index (χ0) is 14.8. The molecule has 0 spiro atoms. The first-order valence-electron chi connectivity index (χ1n) is 7.39. The van der Waals surface area contributed by atoms with Gasteiger partial charge in [0.05, 0.1) is 11.7 Å². The summed E-state index contributed by atoms with van der Waals surface area (Å²) < 4.78 is 5.74. The maximum absolute atomic E-state index is 12.2. The molecule has 0 radical (unpaired) electrons. The van der Waals surface area contributed by atoms with Crippen molar-refractivity contribution in [3.05, 3.63) is 35.4 Å². The van der Waals surface area contributed by atoms with Gasteiger partial charge in [-0.25, -0.2) is 4.79 Å². The molecule has 5 heteroatoms. The molecule has 2 N–H and O–H groups in total. The first-order valence-corrected chi connectivity index (χ1v) is 7.39. The maximum atomic E-state index is 12.2. The number of aromatic carboxylic acids is 1. The van der Waals surface area contributed by atoms with E-state index in [1.165, 1.54) is 25.0 Å². The van der Waals surface area contributed by atoms with Crippen LogP contribution in [0.15, 0.2) is 24.3 Å². The number of hydrogen-bond donors (Lipinski definition) is 2. The maximum Gasteiger partial charge on any atom is 0.335 e.